The Labute approximate surface area is 274 Å². The molecule has 0 bridgehead atoms. The summed E-state index contributed by atoms with van der Waals surface area (Å²) in [5.74, 6) is 0.501. The molecule has 4 aromatic rings. The molecule has 46 heavy (non-hydrogen) atoms. The van der Waals surface area contributed by atoms with Crippen LogP contribution in [0.25, 0.3) is 22.4 Å². The number of carbonyl (C=O) groups is 2. The average molecular weight is 643 g/mol. The van der Waals surface area contributed by atoms with Crippen LogP contribution >= 0.6 is 11.6 Å². The van der Waals surface area contributed by atoms with Crippen LogP contribution in [-0.4, -0.2) is 71.7 Å². The van der Waals surface area contributed by atoms with Gasteiger partial charge in [-0.3, -0.25) is 24.5 Å². The first-order chi connectivity index (χ1) is 22.3. The molecule has 3 heterocycles. The van der Waals surface area contributed by atoms with Crippen molar-refractivity contribution in [2.45, 2.75) is 38.9 Å². The van der Waals surface area contributed by atoms with Crippen molar-refractivity contribution in [2.24, 2.45) is 0 Å². The van der Waals surface area contributed by atoms with Crippen molar-refractivity contribution in [3.8, 4) is 28.1 Å². The van der Waals surface area contributed by atoms with Crippen molar-refractivity contribution in [3.63, 3.8) is 0 Å². The largest absolute Gasteiger partial charge is 0.496 e. The number of aliphatic hydroxyl groups excluding tert-OH is 1. The Morgan fingerprint density at radius 1 is 1.15 bits per heavy atom. The summed E-state index contributed by atoms with van der Waals surface area (Å²) in [4.78, 5) is 35.5. The van der Waals surface area contributed by atoms with Gasteiger partial charge in [0, 0.05) is 73.4 Å². The molecule has 11 heteroatoms. The smallest absolute Gasteiger partial charge is 0.274 e. The summed E-state index contributed by atoms with van der Waals surface area (Å²) in [6, 6.07) is 17.2. The van der Waals surface area contributed by atoms with E-state index in [2.05, 4.69) is 25.9 Å². The van der Waals surface area contributed by atoms with Crippen LogP contribution in [0.5, 0.6) is 5.75 Å². The predicted octanol–water partition coefficient (Wildman–Crippen LogP) is 4.83. The van der Waals surface area contributed by atoms with E-state index in [9.17, 15) is 9.59 Å². The molecule has 4 N–H and O–H groups in total. The molecule has 2 amide bonds. The quantitative estimate of drug-likeness (QED) is 0.163. The van der Waals surface area contributed by atoms with E-state index < -0.39 is 0 Å². The number of carbonyl (C=O) groups excluding carboxylic acids is 2. The maximum absolute atomic E-state index is 13.1. The lowest BCUT2D eigenvalue weighted by atomic mass is 9.97. The first-order valence-electron chi connectivity index (χ1n) is 15.2. The average Bonchev–Trinajstić information content (AvgIpc) is 3.47. The topological polar surface area (TPSA) is 129 Å². The molecule has 10 nitrogen and oxygen atoms in total. The van der Waals surface area contributed by atoms with Crippen LogP contribution in [0.4, 0.5) is 5.69 Å². The second-order valence-corrected chi connectivity index (χ2v) is 11.8. The molecule has 0 unspecified atom stereocenters. The highest BCUT2D eigenvalue weighted by atomic mass is 35.5. The maximum Gasteiger partial charge on any atom is 0.274 e. The summed E-state index contributed by atoms with van der Waals surface area (Å²) in [5, 5.41) is 19.0. The number of rotatable bonds is 13. The highest BCUT2D eigenvalue weighted by molar-refractivity contribution is 6.35. The zero-order valence-electron chi connectivity index (χ0n) is 26.3. The SMILES string of the molecule is COc1cc(-c2nccc(-c3cccc(NC(=O)c4ccc(CN(C)CCO)cn4)c3C)c2Cl)ccc1CNC[C@H]1CCC(=O)N1. The van der Waals surface area contributed by atoms with E-state index in [4.69, 9.17) is 21.4 Å². The molecular weight excluding hydrogens is 604 g/mol. The van der Waals surface area contributed by atoms with Gasteiger partial charge in [0.2, 0.25) is 5.91 Å². The van der Waals surface area contributed by atoms with Crippen molar-refractivity contribution in [1.82, 2.24) is 25.5 Å². The zero-order chi connectivity index (χ0) is 32.6. The normalized spacial score (nSPS) is 14.4. The van der Waals surface area contributed by atoms with Gasteiger partial charge in [0.05, 0.1) is 24.4 Å². The van der Waals surface area contributed by atoms with Crippen molar-refractivity contribution >= 4 is 29.1 Å². The van der Waals surface area contributed by atoms with Gasteiger partial charge in [0.15, 0.2) is 0 Å². The molecule has 1 fully saturated rings. The van der Waals surface area contributed by atoms with Crippen LogP contribution < -0.4 is 20.7 Å². The Hall–Kier alpha value is -4.35. The summed E-state index contributed by atoms with van der Waals surface area (Å²) < 4.78 is 5.71. The van der Waals surface area contributed by atoms with Gasteiger partial charge < -0.3 is 25.8 Å². The maximum atomic E-state index is 13.1. The molecule has 1 atom stereocenters. The van der Waals surface area contributed by atoms with Crippen molar-refractivity contribution in [3.05, 3.63) is 94.4 Å². The van der Waals surface area contributed by atoms with E-state index >= 15 is 0 Å². The molecule has 2 aromatic heterocycles. The van der Waals surface area contributed by atoms with Gasteiger partial charge in [-0.2, -0.15) is 0 Å². The molecule has 2 aromatic carbocycles. The van der Waals surface area contributed by atoms with Crippen molar-refractivity contribution in [2.75, 3.05) is 39.2 Å². The third-order valence-corrected chi connectivity index (χ3v) is 8.49. The summed E-state index contributed by atoms with van der Waals surface area (Å²) >= 11 is 7.01. The number of amides is 2. The molecule has 1 saturated heterocycles. The van der Waals surface area contributed by atoms with Crippen molar-refractivity contribution in [1.29, 1.82) is 0 Å². The Bertz CT molecular complexity index is 1700. The fourth-order valence-corrected chi connectivity index (χ4v) is 5.89. The Morgan fingerprint density at radius 2 is 2.00 bits per heavy atom. The second kappa shape index (κ2) is 15.3. The number of hydrogen-bond acceptors (Lipinski definition) is 8. The Morgan fingerprint density at radius 3 is 2.72 bits per heavy atom. The highest BCUT2D eigenvalue weighted by Crippen LogP contribution is 2.39. The number of likely N-dealkylation sites (N-methyl/N-ethyl adjacent to an activating group) is 1. The van der Waals surface area contributed by atoms with E-state index in [1.54, 1.807) is 25.6 Å². The minimum Gasteiger partial charge on any atom is -0.496 e. The lowest BCUT2D eigenvalue weighted by molar-refractivity contribution is -0.119. The number of aromatic nitrogens is 2. The molecule has 0 saturated carbocycles. The second-order valence-electron chi connectivity index (χ2n) is 11.4. The van der Waals surface area contributed by atoms with E-state index in [-0.39, 0.29) is 24.5 Å². The molecule has 240 valence electrons. The fraction of sp³-hybridized carbons (Fsp3) is 0.314. The molecular formula is C35H39ClN6O4. The summed E-state index contributed by atoms with van der Waals surface area (Å²) in [6.07, 6.45) is 4.82. The van der Waals surface area contributed by atoms with Gasteiger partial charge >= 0.3 is 0 Å². The van der Waals surface area contributed by atoms with Crippen LogP contribution in [0.3, 0.4) is 0 Å². The van der Waals surface area contributed by atoms with Gasteiger partial charge in [-0.1, -0.05) is 41.9 Å². The minimum absolute atomic E-state index is 0.0828. The molecule has 1 aliphatic rings. The van der Waals surface area contributed by atoms with E-state index in [0.29, 0.717) is 60.4 Å². The van der Waals surface area contributed by atoms with Crippen LogP contribution in [0.1, 0.15) is 40.0 Å². The fourth-order valence-electron chi connectivity index (χ4n) is 5.57. The van der Waals surface area contributed by atoms with Crippen LogP contribution in [-0.2, 0) is 17.9 Å². The minimum atomic E-state index is -0.313. The standard InChI is InChI=1S/C35H39ClN6O4/c1-22-27(5-4-6-29(22)41-35(45)30-11-7-23(18-39-30)21-42(2)15-16-43)28-13-14-38-34(33(28)36)24-8-9-25(31(17-24)46-3)19-37-20-26-10-12-32(44)40-26/h4-9,11,13-14,17-18,26,37,43H,10,12,15-16,19-21H2,1-3H3,(H,40,44)(H,41,45)/t26-/m1/s1. The van der Waals surface area contributed by atoms with Crippen molar-refractivity contribution < 1.29 is 19.4 Å². The number of methoxy groups -OCH3 is 1. The third-order valence-electron chi connectivity index (χ3n) is 8.10. The number of halogens is 1. The Kier molecular flexibility index (Phi) is 11.0. The van der Waals surface area contributed by atoms with E-state index in [1.165, 1.54) is 0 Å². The number of nitrogens with zero attached hydrogens (tertiary/aromatic N) is 3. The summed E-state index contributed by atoms with van der Waals surface area (Å²) in [7, 11) is 3.55. The van der Waals surface area contributed by atoms with Gasteiger partial charge in [0.25, 0.3) is 5.91 Å². The molecule has 0 aliphatic carbocycles. The first-order valence-corrected chi connectivity index (χ1v) is 15.6. The zero-order valence-corrected chi connectivity index (χ0v) is 27.0. The molecule has 0 spiro atoms. The summed E-state index contributed by atoms with van der Waals surface area (Å²) in [5.41, 5.74) is 6.85. The van der Waals surface area contributed by atoms with Crippen LogP contribution in [0, 0.1) is 6.92 Å². The number of hydrogen-bond donors (Lipinski definition) is 4. The highest BCUT2D eigenvalue weighted by Gasteiger charge is 2.21. The van der Waals surface area contributed by atoms with Crippen LogP contribution in [0.15, 0.2) is 67.0 Å². The molecule has 1 aliphatic heterocycles. The number of nitrogens with one attached hydrogen (secondary N) is 3. The van der Waals surface area contributed by atoms with E-state index in [1.807, 2.05) is 67.4 Å². The number of anilines is 1. The van der Waals surface area contributed by atoms with Gasteiger partial charge in [-0.15, -0.1) is 0 Å². The number of pyridine rings is 2. The lowest BCUT2D eigenvalue weighted by Crippen LogP contribution is -2.35. The molecule has 0 radical (unpaired) electrons. The molecule has 5 rings (SSSR count). The first kappa shape index (κ1) is 33.0. The number of ether oxygens (including phenoxy) is 1. The van der Waals surface area contributed by atoms with Crippen LogP contribution in [0.2, 0.25) is 5.02 Å². The monoisotopic (exact) mass is 642 g/mol. The van der Waals surface area contributed by atoms with E-state index in [0.717, 1.165) is 39.8 Å². The number of benzene rings is 2. The Balaban J connectivity index is 1.31. The van der Waals surface area contributed by atoms with Gasteiger partial charge in [-0.05, 0) is 61.3 Å². The summed E-state index contributed by atoms with van der Waals surface area (Å²) in [6.45, 7) is 4.50. The van der Waals surface area contributed by atoms with Gasteiger partial charge in [-0.25, -0.2) is 0 Å². The lowest BCUT2D eigenvalue weighted by Gasteiger charge is -2.17. The number of aliphatic hydroxyl groups is 1. The van der Waals surface area contributed by atoms with Gasteiger partial charge in [0.1, 0.15) is 11.4 Å². The predicted molar refractivity (Wildman–Crippen MR) is 180 cm³/mol. The third kappa shape index (κ3) is 7.89.